The minimum atomic E-state index is -0.425. The summed E-state index contributed by atoms with van der Waals surface area (Å²) in [6.45, 7) is 3.11. The number of ether oxygens (including phenoxy) is 2. The van der Waals surface area contributed by atoms with Crippen LogP contribution in [-0.4, -0.2) is 40.5 Å². The summed E-state index contributed by atoms with van der Waals surface area (Å²) < 4.78 is 14.5. The largest absolute Gasteiger partial charge is 0.497 e. The second kappa shape index (κ2) is 10.4. The molecule has 4 aromatic rings. The van der Waals surface area contributed by atoms with E-state index in [0.717, 1.165) is 22.9 Å². The van der Waals surface area contributed by atoms with E-state index in [1.54, 1.807) is 17.7 Å². The van der Waals surface area contributed by atoms with E-state index in [2.05, 4.69) is 5.32 Å². The third kappa shape index (κ3) is 4.94. The fourth-order valence-corrected chi connectivity index (χ4v) is 6.38. The van der Waals surface area contributed by atoms with Crippen LogP contribution in [0.15, 0.2) is 58.5 Å². The summed E-state index contributed by atoms with van der Waals surface area (Å²) in [6.07, 6.45) is 2.46. The average molecular weight is 510 g/mol. The number of rotatable bonds is 8. The highest BCUT2D eigenvalue weighted by Gasteiger charge is 2.26. The van der Waals surface area contributed by atoms with E-state index < -0.39 is 5.25 Å². The maximum atomic E-state index is 13.7. The van der Waals surface area contributed by atoms with Crippen LogP contribution in [0.1, 0.15) is 26.2 Å². The molecule has 9 heteroatoms. The van der Waals surface area contributed by atoms with Crippen molar-refractivity contribution in [3.63, 3.8) is 0 Å². The van der Waals surface area contributed by atoms with Gasteiger partial charge in [0.25, 0.3) is 5.56 Å². The third-order valence-corrected chi connectivity index (χ3v) is 8.61. The quantitative estimate of drug-likeness (QED) is 0.256. The summed E-state index contributed by atoms with van der Waals surface area (Å²) in [5, 5.41) is 4.07. The fraction of sp³-hybridized carbons (Fsp3) is 0.346. The Labute approximate surface area is 211 Å². The standard InChI is InChI=1S/C26H27N3O4S2/c1-3-20(24(30)27-16-8-6-9-17(14-16)32-2)35-26-28-22-19-11-4-5-12-21(19)34-23(22)25(31)29(26)15-18-10-7-13-33-18/h4-6,8-9,11-12,14,18,20H,3,7,10,13,15H2,1-2H3,(H,27,30)/t18-,20+/m1/s1. The molecule has 0 aliphatic carbocycles. The molecular weight excluding hydrogens is 482 g/mol. The van der Waals surface area contributed by atoms with Gasteiger partial charge in [-0.2, -0.15) is 0 Å². The number of thioether (sulfide) groups is 1. The van der Waals surface area contributed by atoms with E-state index in [1.807, 2.05) is 49.4 Å². The fourth-order valence-electron chi connectivity index (χ4n) is 4.27. The Hall–Kier alpha value is -2.88. The van der Waals surface area contributed by atoms with E-state index in [4.69, 9.17) is 14.5 Å². The van der Waals surface area contributed by atoms with E-state index >= 15 is 0 Å². The van der Waals surface area contributed by atoms with Gasteiger partial charge in [-0.3, -0.25) is 14.2 Å². The molecule has 1 saturated heterocycles. The first-order valence-corrected chi connectivity index (χ1v) is 13.4. The number of nitrogens with zero attached hydrogens (tertiary/aromatic N) is 2. The molecule has 7 nitrogen and oxygen atoms in total. The summed E-state index contributed by atoms with van der Waals surface area (Å²) in [6, 6.07) is 15.2. The lowest BCUT2D eigenvalue weighted by Crippen LogP contribution is -2.30. The normalized spacial score (nSPS) is 16.6. The van der Waals surface area contributed by atoms with Crippen LogP contribution in [0.2, 0.25) is 0 Å². The smallest absolute Gasteiger partial charge is 0.272 e. The SMILES string of the molecule is CC[C@H](Sc1nc2c(sc3ccccc32)c(=O)n1C[C@H]1CCCO1)C(=O)Nc1cccc(OC)c1. The maximum Gasteiger partial charge on any atom is 0.272 e. The summed E-state index contributed by atoms with van der Waals surface area (Å²) in [4.78, 5) is 31.8. The van der Waals surface area contributed by atoms with Crippen molar-refractivity contribution >= 4 is 55.0 Å². The summed E-state index contributed by atoms with van der Waals surface area (Å²) in [5.41, 5.74) is 1.29. The number of carbonyl (C=O) groups excluding carboxylic acids is 1. The molecule has 1 aliphatic rings. The molecule has 0 radical (unpaired) electrons. The van der Waals surface area contributed by atoms with Gasteiger partial charge < -0.3 is 14.8 Å². The van der Waals surface area contributed by atoms with Crippen LogP contribution >= 0.6 is 23.1 Å². The molecule has 1 N–H and O–H groups in total. The van der Waals surface area contributed by atoms with Gasteiger partial charge in [0.1, 0.15) is 10.4 Å². The Morgan fingerprint density at radius 3 is 2.94 bits per heavy atom. The van der Waals surface area contributed by atoms with Gasteiger partial charge in [0, 0.05) is 28.4 Å². The number of anilines is 1. The Morgan fingerprint density at radius 2 is 2.17 bits per heavy atom. The zero-order chi connectivity index (χ0) is 24.4. The van der Waals surface area contributed by atoms with Gasteiger partial charge in [-0.1, -0.05) is 43.0 Å². The first-order valence-electron chi connectivity index (χ1n) is 11.7. The number of carbonyl (C=O) groups is 1. The van der Waals surface area contributed by atoms with Gasteiger partial charge in [-0.25, -0.2) is 4.98 Å². The summed E-state index contributed by atoms with van der Waals surface area (Å²) in [5.74, 6) is 0.532. The summed E-state index contributed by atoms with van der Waals surface area (Å²) in [7, 11) is 1.59. The van der Waals surface area contributed by atoms with Crippen LogP contribution in [0.5, 0.6) is 5.75 Å². The number of aromatic nitrogens is 2. The molecule has 2 atom stereocenters. The van der Waals surface area contributed by atoms with E-state index in [0.29, 0.717) is 46.4 Å². The Bertz CT molecular complexity index is 1430. The first-order chi connectivity index (χ1) is 17.1. The summed E-state index contributed by atoms with van der Waals surface area (Å²) >= 11 is 2.80. The minimum absolute atomic E-state index is 0.0219. The number of hydrogen-bond acceptors (Lipinski definition) is 7. The lowest BCUT2D eigenvalue weighted by atomic mass is 10.2. The molecule has 0 saturated carbocycles. The molecule has 5 rings (SSSR count). The van der Waals surface area contributed by atoms with Crippen molar-refractivity contribution in [1.29, 1.82) is 0 Å². The number of hydrogen-bond donors (Lipinski definition) is 1. The third-order valence-electron chi connectivity index (χ3n) is 6.11. The van der Waals surface area contributed by atoms with Crippen molar-refractivity contribution in [2.45, 2.75) is 49.2 Å². The van der Waals surface area contributed by atoms with Crippen LogP contribution in [-0.2, 0) is 16.1 Å². The molecule has 1 amide bonds. The Kier molecular flexibility index (Phi) is 7.08. The number of benzene rings is 2. The number of fused-ring (bicyclic) bond motifs is 3. The molecule has 2 aromatic carbocycles. The predicted molar refractivity (Wildman–Crippen MR) is 142 cm³/mol. The van der Waals surface area contributed by atoms with Crippen molar-refractivity contribution in [2.24, 2.45) is 0 Å². The first kappa shape index (κ1) is 23.8. The number of thiophene rings is 1. The highest BCUT2D eigenvalue weighted by atomic mass is 32.2. The zero-order valence-electron chi connectivity index (χ0n) is 19.7. The lowest BCUT2D eigenvalue weighted by Gasteiger charge is -2.19. The monoisotopic (exact) mass is 509 g/mol. The molecular formula is C26H27N3O4S2. The van der Waals surface area contributed by atoms with Crippen LogP contribution < -0.4 is 15.6 Å². The molecule has 2 aromatic heterocycles. The molecule has 0 unspecified atom stereocenters. The van der Waals surface area contributed by atoms with Gasteiger partial charge in [0.2, 0.25) is 5.91 Å². The molecule has 182 valence electrons. The molecule has 0 bridgehead atoms. The van der Waals surface area contributed by atoms with Gasteiger partial charge in [0.15, 0.2) is 5.16 Å². The second-order valence-corrected chi connectivity index (χ2v) is 10.7. The minimum Gasteiger partial charge on any atom is -0.497 e. The van der Waals surface area contributed by atoms with Crippen molar-refractivity contribution in [1.82, 2.24) is 9.55 Å². The van der Waals surface area contributed by atoms with Crippen LogP contribution in [0.3, 0.4) is 0 Å². The van der Waals surface area contributed by atoms with Gasteiger partial charge >= 0.3 is 0 Å². The van der Waals surface area contributed by atoms with Crippen LogP contribution in [0.4, 0.5) is 5.69 Å². The van der Waals surface area contributed by atoms with Crippen molar-refractivity contribution in [2.75, 3.05) is 19.0 Å². The average Bonchev–Trinajstić information content (AvgIpc) is 3.52. The highest BCUT2D eigenvalue weighted by Crippen LogP contribution is 2.34. The van der Waals surface area contributed by atoms with E-state index in [9.17, 15) is 9.59 Å². The number of amides is 1. The van der Waals surface area contributed by atoms with Gasteiger partial charge in [0.05, 0.1) is 30.5 Å². The molecule has 0 spiro atoms. The van der Waals surface area contributed by atoms with E-state index in [-0.39, 0.29) is 17.6 Å². The van der Waals surface area contributed by atoms with Crippen molar-refractivity contribution in [3.8, 4) is 5.75 Å². The predicted octanol–water partition coefficient (Wildman–Crippen LogP) is 5.31. The van der Waals surface area contributed by atoms with Crippen LogP contribution in [0.25, 0.3) is 20.3 Å². The second-order valence-electron chi connectivity index (χ2n) is 8.46. The maximum absolute atomic E-state index is 13.7. The number of nitrogens with one attached hydrogen (secondary N) is 1. The Balaban J connectivity index is 1.51. The Morgan fingerprint density at radius 1 is 1.31 bits per heavy atom. The number of methoxy groups -OCH3 is 1. The lowest BCUT2D eigenvalue weighted by molar-refractivity contribution is -0.115. The molecule has 35 heavy (non-hydrogen) atoms. The molecule has 1 aliphatic heterocycles. The van der Waals surface area contributed by atoms with E-state index in [1.165, 1.54) is 23.1 Å². The van der Waals surface area contributed by atoms with Crippen LogP contribution in [0, 0.1) is 0 Å². The topological polar surface area (TPSA) is 82.5 Å². The molecule has 1 fully saturated rings. The van der Waals surface area contributed by atoms with Gasteiger partial charge in [-0.05, 0) is 37.5 Å². The van der Waals surface area contributed by atoms with Crippen molar-refractivity contribution < 1.29 is 14.3 Å². The highest BCUT2D eigenvalue weighted by molar-refractivity contribution is 8.00. The van der Waals surface area contributed by atoms with Crippen molar-refractivity contribution in [3.05, 3.63) is 58.9 Å². The zero-order valence-corrected chi connectivity index (χ0v) is 21.3. The van der Waals surface area contributed by atoms with Gasteiger partial charge in [-0.15, -0.1) is 11.3 Å². The molecule has 3 heterocycles.